The van der Waals surface area contributed by atoms with Crippen LogP contribution in [0.3, 0.4) is 0 Å². The van der Waals surface area contributed by atoms with Gasteiger partial charge in [0.25, 0.3) is 5.91 Å². The van der Waals surface area contributed by atoms with Crippen molar-refractivity contribution in [1.29, 1.82) is 0 Å². The molecule has 1 aromatic heterocycles. The second kappa shape index (κ2) is 5.45. The molecule has 0 atom stereocenters. The minimum atomic E-state index is -0.0774. The molecule has 17 heavy (non-hydrogen) atoms. The monoisotopic (exact) mass is 247 g/mol. The van der Waals surface area contributed by atoms with Crippen LogP contribution in [-0.4, -0.2) is 17.9 Å². The normalized spacial score (nSPS) is 9.94. The van der Waals surface area contributed by atoms with Gasteiger partial charge in [0.05, 0.1) is 12.1 Å². The third kappa shape index (κ3) is 3.04. The zero-order chi connectivity index (χ0) is 12.1. The fourth-order valence-corrected chi connectivity index (χ4v) is 1.97. The van der Waals surface area contributed by atoms with E-state index in [0.717, 1.165) is 17.1 Å². The number of anilines is 1. The number of amides is 1. The number of benzene rings is 1. The van der Waals surface area contributed by atoms with Crippen LogP contribution in [0.5, 0.6) is 0 Å². The molecule has 0 radical (unpaired) electrons. The molecule has 0 aliphatic heterocycles. The van der Waals surface area contributed by atoms with E-state index in [9.17, 15) is 4.79 Å². The molecule has 2 rings (SSSR count). The Kier molecular flexibility index (Phi) is 3.72. The van der Waals surface area contributed by atoms with Crippen LogP contribution in [0.15, 0.2) is 36.0 Å². The molecule has 0 fully saturated rings. The molecular formula is C12H13N3OS. The summed E-state index contributed by atoms with van der Waals surface area (Å²) >= 11 is 1.60. The Morgan fingerprint density at radius 2 is 2.35 bits per heavy atom. The van der Waals surface area contributed by atoms with Crippen molar-refractivity contribution in [1.82, 2.24) is 10.3 Å². The van der Waals surface area contributed by atoms with Crippen LogP contribution in [0.2, 0.25) is 0 Å². The molecule has 1 aromatic carbocycles. The average Bonchev–Trinajstić information content (AvgIpc) is 2.89. The maximum atomic E-state index is 11.5. The first-order valence-electron chi connectivity index (χ1n) is 5.23. The molecule has 1 amide bonds. The number of thiazole rings is 1. The zero-order valence-corrected chi connectivity index (χ0v) is 10.3. The van der Waals surface area contributed by atoms with E-state index >= 15 is 0 Å². The van der Waals surface area contributed by atoms with Crippen molar-refractivity contribution < 1.29 is 4.79 Å². The fraction of sp³-hybridized carbons (Fsp3) is 0.167. The summed E-state index contributed by atoms with van der Waals surface area (Å²) in [4.78, 5) is 16.6. The third-order valence-corrected chi connectivity index (χ3v) is 3.08. The average molecular weight is 247 g/mol. The Hall–Kier alpha value is -1.88. The van der Waals surface area contributed by atoms with Gasteiger partial charge >= 0.3 is 0 Å². The van der Waals surface area contributed by atoms with Gasteiger partial charge in [0, 0.05) is 29.4 Å². The van der Waals surface area contributed by atoms with Crippen molar-refractivity contribution in [3.63, 3.8) is 0 Å². The van der Waals surface area contributed by atoms with E-state index in [1.807, 2.05) is 24.4 Å². The van der Waals surface area contributed by atoms with E-state index in [1.165, 1.54) is 0 Å². The zero-order valence-electron chi connectivity index (χ0n) is 9.43. The van der Waals surface area contributed by atoms with Gasteiger partial charge in [-0.3, -0.25) is 9.78 Å². The predicted molar refractivity (Wildman–Crippen MR) is 69.3 cm³/mol. The number of hydrogen-bond donors (Lipinski definition) is 2. The van der Waals surface area contributed by atoms with Crippen LogP contribution in [0.4, 0.5) is 5.69 Å². The number of rotatable bonds is 4. The molecule has 1 heterocycles. The highest BCUT2D eigenvalue weighted by Gasteiger charge is 2.03. The first-order chi connectivity index (χ1) is 8.29. The first kappa shape index (κ1) is 11.6. The highest BCUT2D eigenvalue weighted by atomic mass is 32.1. The van der Waals surface area contributed by atoms with Gasteiger partial charge in [-0.15, -0.1) is 11.3 Å². The smallest absolute Gasteiger partial charge is 0.251 e. The number of nitrogens with one attached hydrogen (secondary N) is 2. The Labute approximate surface area is 104 Å². The topological polar surface area (TPSA) is 54.0 Å². The van der Waals surface area contributed by atoms with E-state index in [1.54, 1.807) is 30.0 Å². The van der Waals surface area contributed by atoms with Crippen molar-refractivity contribution in [2.75, 3.05) is 12.4 Å². The van der Waals surface area contributed by atoms with E-state index < -0.39 is 0 Å². The summed E-state index contributed by atoms with van der Waals surface area (Å²) in [7, 11) is 1.62. The molecule has 5 heteroatoms. The number of hydrogen-bond acceptors (Lipinski definition) is 4. The van der Waals surface area contributed by atoms with Crippen LogP contribution < -0.4 is 10.6 Å². The Bertz CT molecular complexity index is 496. The number of carbonyl (C=O) groups is 1. The minimum absolute atomic E-state index is 0.0774. The Morgan fingerprint density at radius 1 is 1.47 bits per heavy atom. The molecule has 0 bridgehead atoms. The van der Waals surface area contributed by atoms with Gasteiger partial charge in [0.15, 0.2) is 0 Å². The van der Waals surface area contributed by atoms with Crippen LogP contribution in [0.25, 0.3) is 0 Å². The molecule has 2 aromatic rings. The second-order valence-electron chi connectivity index (χ2n) is 3.48. The number of nitrogens with zero attached hydrogens (tertiary/aromatic N) is 1. The van der Waals surface area contributed by atoms with Crippen LogP contribution in [0.1, 0.15) is 15.2 Å². The maximum Gasteiger partial charge on any atom is 0.251 e. The van der Waals surface area contributed by atoms with Gasteiger partial charge in [-0.05, 0) is 18.2 Å². The fourth-order valence-electron chi connectivity index (χ4n) is 1.43. The largest absolute Gasteiger partial charge is 0.380 e. The highest BCUT2D eigenvalue weighted by molar-refractivity contribution is 7.09. The van der Waals surface area contributed by atoms with E-state index in [4.69, 9.17) is 0 Å². The lowest BCUT2D eigenvalue weighted by molar-refractivity contribution is 0.0963. The Balaban J connectivity index is 2.03. The summed E-state index contributed by atoms with van der Waals surface area (Å²) in [5.41, 5.74) is 3.39. The van der Waals surface area contributed by atoms with Crippen molar-refractivity contribution >= 4 is 22.9 Å². The summed E-state index contributed by atoms with van der Waals surface area (Å²) < 4.78 is 0. The molecule has 0 saturated heterocycles. The van der Waals surface area contributed by atoms with Crippen molar-refractivity contribution in [2.24, 2.45) is 0 Å². The van der Waals surface area contributed by atoms with Gasteiger partial charge in [0.1, 0.15) is 0 Å². The van der Waals surface area contributed by atoms with Gasteiger partial charge in [0.2, 0.25) is 0 Å². The van der Waals surface area contributed by atoms with Crippen LogP contribution in [0, 0.1) is 0 Å². The van der Waals surface area contributed by atoms with Crippen LogP contribution >= 0.6 is 11.3 Å². The Morgan fingerprint density at radius 3 is 3.06 bits per heavy atom. The quantitative estimate of drug-likeness (QED) is 0.870. The molecule has 0 aliphatic rings. The molecule has 0 saturated carbocycles. The lowest BCUT2D eigenvalue weighted by Gasteiger charge is -2.06. The highest BCUT2D eigenvalue weighted by Crippen LogP contribution is 2.13. The number of carbonyl (C=O) groups excluding carboxylic acids is 1. The molecule has 4 nitrogen and oxygen atoms in total. The summed E-state index contributed by atoms with van der Waals surface area (Å²) in [6.45, 7) is 0.724. The number of aromatic nitrogens is 1. The van der Waals surface area contributed by atoms with Crippen LogP contribution in [-0.2, 0) is 6.54 Å². The summed E-state index contributed by atoms with van der Waals surface area (Å²) in [6, 6.07) is 7.42. The van der Waals surface area contributed by atoms with Crippen molar-refractivity contribution in [3.05, 3.63) is 46.4 Å². The maximum absolute atomic E-state index is 11.5. The van der Waals surface area contributed by atoms with Gasteiger partial charge in [-0.25, -0.2) is 0 Å². The lowest BCUT2D eigenvalue weighted by Crippen LogP contribution is -2.17. The minimum Gasteiger partial charge on any atom is -0.380 e. The van der Waals surface area contributed by atoms with Gasteiger partial charge < -0.3 is 10.6 Å². The summed E-state index contributed by atoms with van der Waals surface area (Å²) in [6.07, 6.45) is 1.83. The molecule has 0 aliphatic carbocycles. The standard InChI is InChI=1S/C12H13N3OS/c1-13-12(16)9-3-2-4-10(5-9)15-7-11-6-14-8-17-11/h2-6,8,15H,7H2,1H3,(H,13,16). The predicted octanol–water partition coefficient (Wildman–Crippen LogP) is 2.11. The first-order valence-corrected chi connectivity index (χ1v) is 6.11. The van der Waals surface area contributed by atoms with E-state index in [2.05, 4.69) is 15.6 Å². The SMILES string of the molecule is CNC(=O)c1cccc(NCc2cncs2)c1. The van der Waals surface area contributed by atoms with E-state index in [0.29, 0.717) is 5.56 Å². The molecule has 0 unspecified atom stereocenters. The molecule has 88 valence electrons. The third-order valence-electron chi connectivity index (χ3n) is 2.30. The van der Waals surface area contributed by atoms with Crippen molar-refractivity contribution in [3.8, 4) is 0 Å². The molecule has 0 spiro atoms. The molecule has 2 N–H and O–H groups in total. The van der Waals surface area contributed by atoms with Gasteiger partial charge in [-0.1, -0.05) is 6.07 Å². The van der Waals surface area contributed by atoms with Gasteiger partial charge in [-0.2, -0.15) is 0 Å². The second-order valence-corrected chi connectivity index (χ2v) is 4.45. The van der Waals surface area contributed by atoms with Crippen molar-refractivity contribution in [2.45, 2.75) is 6.54 Å². The summed E-state index contributed by atoms with van der Waals surface area (Å²) in [5, 5.41) is 5.86. The van der Waals surface area contributed by atoms with E-state index in [-0.39, 0.29) is 5.91 Å². The lowest BCUT2D eigenvalue weighted by atomic mass is 10.2. The summed E-state index contributed by atoms with van der Waals surface area (Å²) in [5.74, 6) is -0.0774. The molecular weight excluding hydrogens is 234 g/mol.